The molecule has 0 fully saturated rings. The Morgan fingerprint density at radius 2 is 1.93 bits per heavy atom. The average Bonchev–Trinajstić information content (AvgIpc) is 3.21. The Kier molecular flexibility index (Phi) is 5.88. The molecule has 1 heterocycles. The largest absolute Gasteiger partial charge is 0.483 e. The van der Waals surface area contributed by atoms with E-state index in [9.17, 15) is 9.59 Å². The molecule has 0 unspecified atom stereocenters. The lowest BCUT2D eigenvalue weighted by atomic mass is 10.0. The molecule has 1 aliphatic carbocycles. The molecule has 0 bridgehead atoms. The number of carbonyl (C=O) groups excluding carboxylic acids is 1. The Morgan fingerprint density at radius 3 is 2.73 bits per heavy atom. The third kappa shape index (κ3) is 4.40. The number of amides is 1. The molecule has 4 rings (SSSR count). The fraction of sp³-hybridized carbons (Fsp3) is 0.360. The summed E-state index contributed by atoms with van der Waals surface area (Å²) < 4.78 is 11.5. The second-order valence-corrected chi connectivity index (χ2v) is 8.12. The molecule has 0 aliphatic heterocycles. The van der Waals surface area contributed by atoms with Crippen molar-refractivity contribution in [2.75, 3.05) is 6.61 Å². The van der Waals surface area contributed by atoms with Crippen molar-refractivity contribution in [3.05, 3.63) is 75.1 Å². The van der Waals surface area contributed by atoms with Gasteiger partial charge in [0.15, 0.2) is 6.61 Å². The summed E-state index contributed by atoms with van der Waals surface area (Å²) in [4.78, 5) is 24.7. The third-order valence-electron chi connectivity index (χ3n) is 5.65. The minimum Gasteiger partial charge on any atom is -0.483 e. The summed E-state index contributed by atoms with van der Waals surface area (Å²) in [6.45, 7) is 3.86. The summed E-state index contributed by atoms with van der Waals surface area (Å²) in [5, 5.41) is 3.84. The molecule has 1 N–H and O–H groups in total. The van der Waals surface area contributed by atoms with E-state index in [0.29, 0.717) is 11.3 Å². The Labute approximate surface area is 176 Å². The second kappa shape index (κ2) is 8.74. The number of benzene rings is 2. The molecule has 1 amide bonds. The molecule has 1 atom stereocenters. The van der Waals surface area contributed by atoms with E-state index in [1.165, 1.54) is 5.56 Å². The minimum atomic E-state index is -0.253. The zero-order valence-corrected chi connectivity index (χ0v) is 17.5. The highest BCUT2D eigenvalue weighted by Gasteiger charge is 2.22. The van der Waals surface area contributed by atoms with Crippen LogP contribution in [0.1, 0.15) is 42.0 Å². The van der Waals surface area contributed by atoms with Crippen LogP contribution in [0.4, 0.5) is 0 Å². The Hall–Kier alpha value is -3.08. The third-order valence-corrected chi connectivity index (χ3v) is 5.65. The Balaban J connectivity index is 1.42. The van der Waals surface area contributed by atoms with Crippen LogP contribution >= 0.6 is 0 Å². The first-order chi connectivity index (χ1) is 14.5. The lowest BCUT2D eigenvalue weighted by molar-refractivity contribution is -0.123. The van der Waals surface area contributed by atoms with Crippen LogP contribution in [0.25, 0.3) is 11.0 Å². The maximum absolute atomic E-state index is 12.4. The summed E-state index contributed by atoms with van der Waals surface area (Å²) in [5.74, 6) is 0.457. The number of ether oxygens (including phenoxy) is 1. The smallest absolute Gasteiger partial charge is 0.339 e. The van der Waals surface area contributed by atoms with Gasteiger partial charge >= 0.3 is 5.63 Å². The predicted molar refractivity (Wildman–Crippen MR) is 117 cm³/mol. The summed E-state index contributed by atoms with van der Waals surface area (Å²) in [6.07, 6.45) is 4.28. The first-order valence-corrected chi connectivity index (χ1v) is 10.6. The van der Waals surface area contributed by atoms with E-state index in [4.69, 9.17) is 9.15 Å². The summed E-state index contributed by atoms with van der Waals surface area (Å²) in [7, 11) is 0. The number of hydrogen-bond donors (Lipinski definition) is 1. The molecule has 3 aromatic rings. The monoisotopic (exact) mass is 405 g/mol. The molecule has 2 aromatic carbocycles. The van der Waals surface area contributed by atoms with Crippen molar-refractivity contribution >= 4 is 16.9 Å². The van der Waals surface area contributed by atoms with Gasteiger partial charge in [0.05, 0.1) is 5.39 Å². The predicted octanol–water partition coefficient (Wildman–Crippen LogP) is 4.11. The molecule has 5 nitrogen and oxygen atoms in total. The van der Waals surface area contributed by atoms with Crippen molar-refractivity contribution in [2.24, 2.45) is 0 Å². The van der Waals surface area contributed by atoms with E-state index in [0.717, 1.165) is 54.2 Å². The van der Waals surface area contributed by atoms with Gasteiger partial charge < -0.3 is 14.5 Å². The van der Waals surface area contributed by atoms with Gasteiger partial charge in [-0.3, -0.25) is 4.79 Å². The number of fused-ring (bicyclic) bond motifs is 3. The lowest BCUT2D eigenvalue weighted by Gasteiger charge is -2.16. The van der Waals surface area contributed by atoms with Gasteiger partial charge in [-0.25, -0.2) is 4.79 Å². The van der Waals surface area contributed by atoms with Crippen LogP contribution in [0, 0.1) is 6.92 Å². The van der Waals surface area contributed by atoms with Crippen LogP contribution < -0.4 is 15.7 Å². The highest BCUT2D eigenvalue weighted by Crippen LogP contribution is 2.35. The first kappa shape index (κ1) is 20.2. The average molecular weight is 405 g/mol. The number of aryl methyl sites for hydroxylation is 3. The molecular formula is C25H27NO4. The molecular weight excluding hydrogens is 378 g/mol. The van der Waals surface area contributed by atoms with Gasteiger partial charge in [0.25, 0.3) is 5.91 Å². The van der Waals surface area contributed by atoms with Crippen LogP contribution in [-0.2, 0) is 24.1 Å². The molecule has 1 aromatic heterocycles. The fourth-order valence-corrected chi connectivity index (χ4v) is 4.18. The molecule has 0 spiro atoms. The first-order valence-electron chi connectivity index (χ1n) is 10.6. The van der Waals surface area contributed by atoms with Gasteiger partial charge in [0, 0.05) is 11.6 Å². The molecule has 1 aliphatic rings. The second-order valence-electron chi connectivity index (χ2n) is 8.12. The van der Waals surface area contributed by atoms with Crippen LogP contribution in [0.5, 0.6) is 5.75 Å². The maximum atomic E-state index is 12.4. The van der Waals surface area contributed by atoms with E-state index in [2.05, 4.69) is 17.4 Å². The van der Waals surface area contributed by atoms with Crippen LogP contribution in [-0.4, -0.2) is 18.6 Å². The van der Waals surface area contributed by atoms with Crippen molar-refractivity contribution in [3.8, 4) is 5.75 Å². The van der Waals surface area contributed by atoms with Gasteiger partial charge in [-0.05, 0) is 74.8 Å². The van der Waals surface area contributed by atoms with Gasteiger partial charge in [-0.1, -0.05) is 30.3 Å². The van der Waals surface area contributed by atoms with Crippen LogP contribution in [0.2, 0.25) is 0 Å². The molecule has 0 radical (unpaired) electrons. The van der Waals surface area contributed by atoms with Crippen LogP contribution in [0.15, 0.2) is 51.7 Å². The molecule has 0 saturated carbocycles. The van der Waals surface area contributed by atoms with Gasteiger partial charge in [0.1, 0.15) is 11.3 Å². The standard InChI is InChI=1S/C25H27NO4/c1-16-13-21(24-19-9-6-10-20(19)25(28)30-22(24)14-16)29-15-23(27)26-17(2)11-12-18-7-4-3-5-8-18/h3-5,7-8,13-14,17H,6,9-12,15H2,1-2H3,(H,26,27)/t17-/m1/s1. The number of carbonyl (C=O) groups is 1. The van der Waals surface area contributed by atoms with E-state index < -0.39 is 0 Å². The van der Waals surface area contributed by atoms with Gasteiger partial charge in [0.2, 0.25) is 0 Å². The van der Waals surface area contributed by atoms with Crippen molar-refractivity contribution in [1.29, 1.82) is 0 Å². The summed E-state index contributed by atoms with van der Waals surface area (Å²) >= 11 is 0. The minimum absolute atomic E-state index is 0.0535. The molecule has 30 heavy (non-hydrogen) atoms. The Bertz CT molecular complexity index is 1120. The van der Waals surface area contributed by atoms with E-state index >= 15 is 0 Å². The van der Waals surface area contributed by atoms with E-state index in [1.54, 1.807) is 0 Å². The maximum Gasteiger partial charge on any atom is 0.339 e. The highest BCUT2D eigenvalue weighted by atomic mass is 16.5. The van der Waals surface area contributed by atoms with Gasteiger partial charge in [-0.15, -0.1) is 0 Å². The van der Waals surface area contributed by atoms with E-state index in [-0.39, 0.29) is 24.2 Å². The fourth-order valence-electron chi connectivity index (χ4n) is 4.18. The van der Waals surface area contributed by atoms with E-state index in [1.807, 2.05) is 44.2 Å². The molecule has 156 valence electrons. The topological polar surface area (TPSA) is 68.5 Å². The lowest BCUT2D eigenvalue weighted by Crippen LogP contribution is -2.36. The van der Waals surface area contributed by atoms with Crippen LogP contribution in [0.3, 0.4) is 0 Å². The number of nitrogens with one attached hydrogen (secondary N) is 1. The quantitative estimate of drug-likeness (QED) is 0.601. The molecule has 0 saturated heterocycles. The Morgan fingerprint density at radius 1 is 1.17 bits per heavy atom. The van der Waals surface area contributed by atoms with Crippen molar-refractivity contribution < 1.29 is 13.9 Å². The summed E-state index contributed by atoms with van der Waals surface area (Å²) in [6, 6.07) is 14.1. The molecule has 5 heteroatoms. The van der Waals surface area contributed by atoms with Crippen molar-refractivity contribution in [1.82, 2.24) is 5.32 Å². The summed E-state index contributed by atoms with van der Waals surface area (Å²) in [5.41, 5.74) is 4.22. The highest BCUT2D eigenvalue weighted by molar-refractivity contribution is 5.89. The SMILES string of the molecule is Cc1cc(OCC(=O)N[C@H](C)CCc2ccccc2)c2c3c(c(=O)oc2c1)CCC3. The number of rotatable bonds is 7. The van der Waals surface area contributed by atoms with Crippen molar-refractivity contribution in [2.45, 2.75) is 52.0 Å². The zero-order valence-electron chi connectivity index (χ0n) is 17.5. The normalized spacial score (nSPS) is 13.8. The number of hydrogen-bond acceptors (Lipinski definition) is 4. The zero-order chi connectivity index (χ0) is 21.1. The van der Waals surface area contributed by atoms with Gasteiger partial charge in [-0.2, -0.15) is 0 Å². The van der Waals surface area contributed by atoms with Crippen molar-refractivity contribution in [3.63, 3.8) is 0 Å².